The van der Waals surface area contributed by atoms with Gasteiger partial charge in [0.25, 0.3) is 11.1 Å². The normalized spacial score (nSPS) is 14.4. The van der Waals surface area contributed by atoms with Gasteiger partial charge in [-0.05, 0) is 88.2 Å². The first-order valence-corrected chi connectivity index (χ1v) is 12.7. The van der Waals surface area contributed by atoms with Crippen LogP contribution in [0.25, 0.3) is 6.08 Å². The minimum atomic E-state index is -0.653. The number of methoxy groups -OCH3 is 1. The minimum absolute atomic E-state index is 0.0203. The highest BCUT2D eigenvalue weighted by Gasteiger charge is 2.36. The van der Waals surface area contributed by atoms with Crippen LogP contribution in [0.4, 0.5) is 9.18 Å². The molecule has 0 aliphatic carbocycles. The summed E-state index contributed by atoms with van der Waals surface area (Å²) >= 11 is 4.27. The van der Waals surface area contributed by atoms with Gasteiger partial charge in [-0.1, -0.05) is 12.1 Å². The molecule has 0 saturated carbocycles. The lowest BCUT2D eigenvalue weighted by Gasteiger charge is -2.15. The van der Waals surface area contributed by atoms with Crippen molar-refractivity contribution in [2.24, 2.45) is 0 Å². The number of halogens is 2. The number of amides is 2. The minimum Gasteiger partial charge on any atom is -0.490 e. The summed E-state index contributed by atoms with van der Waals surface area (Å²) in [5.74, 6) is -0.408. The Labute approximate surface area is 224 Å². The average Bonchev–Trinajstić information content (AvgIpc) is 3.44. The van der Waals surface area contributed by atoms with Gasteiger partial charge in [0.15, 0.2) is 11.5 Å². The summed E-state index contributed by atoms with van der Waals surface area (Å²) in [7, 11) is 1.23. The number of nitrogens with zero attached hydrogens (tertiary/aromatic N) is 1. The molecular formula is C26H21BrFNO7S. The Kier molecular flexibility index (Phi) is 8.34. The molecule has 2 amide bonds. The quantitative estimate of drug-likeness (QED) is 0.215. The average molecular weight is 590 g/mol. The maximum Gasteiger partial charge on any atom is 0.373 e. The van der Waals surface area contributed by atoms with Crippen molar-refractivity contribution in [1.29, 1.82) is 0 Å². The van der Waals surface area contributed by atoms with E-state index in [0.29, 0.717) is 33.7 Å². The van der Waals surface area contributed by atoms with E-state index in [2.05, 4.69) is 20.7 Å². The zero-order valence-corrected chi connectivity index (χ0v) is 22.2. The van der Waals surface area contributed by atoms with Gasteiger partial charge in [0, 0.05) is 0 Å². The zero-order valence-electron chi connectivity index (χ0n) is 19.8. The van der Waals surface area contributed by atoms with E-state index in [-0.39, 0.29) is 35.4 Å². The van der Waals surface area contributed by atoms with Crippen LogP contribution in [0.1, 0.15) is 34.4 Å². The summed E-state index contributed by atoms with van der Waals surface area (Å²) in [6, 6.07) is 12.4. The van der Waals surface area contributed by atoms with Crippen LogP contribution in [-0.4, -0.2) is 35.7 Å². The van der Waals surface area contributed by atoms with Crippen LogP contribution >= 0.6 is 27.7 Å². The first-order chi connectivity index (χ1) is 17.8. The van der Waals surface area contributed by atoms with Crippen LogP contribution in [0.3, 0.4) is 0 Å². The van der Waals surface area contributed by atoms with E-state index in [1.165, 1.54) is 31.4 Å². The Hall–Kier alpha value is -3.57. The maximum atomic E-state index is 13.5. The summed E-state index contributed by atoms with van der Waals surface area (Å²) in [5.41, 5.74) is 1.26. The molecule has 4 rings (SSSR count). The number of rotatable bonds is 9. The van der Waals surface area contributed by atoms with Crippen LogP contribution in [0.15, 0.2) is 62.3 Å². The van der Waals surface area contributed by atoms with Crippen molar-refractivity contribution in [1.82, 2.24) is 4.90 Å². The summed E-state index contributed by atoms with van der Waals surface area (Å²) in [5, 5.41) is -0.466. The van der Waals surface area contributed by atoms with Crippen molar-refractivity contribution < 1.29 is 37.4 Å². The molecule has 192 valence electrons. The number of carbonyl (C=O) groups is 3. The first-order valence-electron chi connectivity index (χ1n) is 11.0. The highest BCUT2D eigenvalue weighted by atomic mass is 79.9. The highest BCUT2D eigenvalue weighted by molar-refractivity contribution is 9.10. The number of carbonyl (C=O) groups excluding carboxylic acids is 3. The first kappa shape index (κ1) is 26.5. The standard InChI is InChI=1S/C26H21BrFNO7S/c1-3-34-21-11-16(10-19(27)23(21)35-14-15-5-4-6-17(28)9-15)12-22-24(30)29(26(32)37-22)13-18-7-8-20(36-18)25(31)33-2/h4-12H,3,13-14H2,1-2H3/b22-12+. The molecule has 2 aromatic carbocycles. The molecule has 11 heteroatoms. The summed E-state index contributed by atoms with van der Waals surface area (Å²) < 4.78 is 35.7. The molecule has 1 aromatic heterocycles. The molecule has 1 saturated heterocycles. The van der Waals surface area contributed by atoms with Crippen molar-refractivity contribution in [3.63, 3.8) is 0 Å². The zero-order chi connectivity index (χ0) is 26.5. The number of hydrogen-bond acceptors (Lipinski definition) is 8. The number of ether oxygens (including phenoxy) is 3. The predicted octanol–water partition coefficient (Wildman–Crippen LogP) is 6.18. The Morgan fingerprint density at radius 1 is 1.16 bits per heavy atom. The molecule has 2 heterocycles. The SMILES string of the molecule is CCOc1cc(/C=C2/SC(=O)N(Cc3ccc(C(=O)OC)o3)C2=O)cc(Br)c1OCc1cccc(F)c1. The Balaban J connectivity index is 1.53. The van der Waals surface area contributed by atoms with E-state index in [9.17, 15) is 18.8 Å². The fraction of sp³-hybridized carbons (Fsp3) is 0.192. The fourth-order valence-electron chi connectivity index (χ4n) is 3.47. The van der Waals surface area contributed by atoms with Crippen LogP contribution in [0.5, 0.6) is 11.5 Å². The van der Waals surface area contributed by atoms with Crippen LogP contribution in [0.2, 0.25) is 0 Å². The lowest BCUT2D eigenvalue weighted by Crippen LogP contribution is -2.27. The second-order valence-corrected chi connectivity index (χ2v) is 9.55. The van der Waals surface area contributed by atoms with Crippen LogP contribution in [-0.2, 0) is 22.7 Å². The topological polar surface area (TPSA) is 95.3 Å². The third-order valence-electron chi connectivity index (χ3n) is 5.14. The molecule has 0 unspecified atom stereocenters. The lowest BCUT2D eigenvalue weighted by molar-refractivity contribution is -0.123. The molecular weight excluding hydrogens is 569 g/mol. The van der Waals surface area contributed by atoms with Crippen LogP contribution in [0, 0.1) is 5.82 Å². The van der Waals surface area contributed by atoms with Crippen molar-refractivity contribution in [3.05, 3.63) is 86.4 Å². The van der Waals surface area contributed by atoms with Crippen molar-refractivity contribution in [2.45, 2.75) is 20.1 Å². The number of thioether (sulfide) groups is 1. The van der Waals surface area contributed by atoms with Crippen molar-refractivity contribution in [3.8, 4) is 11.5 Å². The largest absolute Gasteiger partial charge is 0.490 e. The van der Waals surface area contributed by atoms with Gasteiger partial charge in [0.1, 0.15) is 18.2 Å². The van der Waals surface area contributed by atoms with E-state index < -0.39 is 17.1 Å². The molecule has 0 bridgehead atoms. The van der Waals surface area contributed by atoms with E-state index in [1.54, 1.807) is 30.3 Å². The molecule has 3 aromatic rings. The number of furan rings is 1. The lowest BCUT2D eigenvalue weighted by atomic mass is 10.1. The molecule has 1 aliphatic heterocycles. The Morgan fingerprint density at radius 2 is 1.97 bits per heavy atom. The van der Waals surface area contributed by atoms with Gasteiger partial charge in [0.05, 0.1) is 29.6 Å². The van der Waals surface area contributed by atoms with Crippen molar-refractivity contribution in [2.75, 3.05) is 13.7 Å². The Morgan fingerprint density at radius 3 is 2.70 bits per heavy atom. The van der Waals surface area contributed by atoms with Gasteiger partial charge >= 0.3 is 5.97 Å². The maximum absolute atomic E-state index is 13.5. The van der Waals surface area contributed by atoms with Gasteiger partial charge in [0.2, 0.25) is 5.76 Å². The van der Waals surface area contributed by atoms with Gasteiger partial charge < -0.3 is 18.6 Å². The van der Waals surface area contributed by atoms with E-state index in [1.807, 2.05) is 6.92 Å². The van der Waals surface area contributed by atoms with Gasteiger partial charge in [-0.3, -0.25) is 14.5 Å². The van der Waals surface area contributed by atoms with Gasteiger partial charge in [-0.25, -0.2) is 9.18 Å². The third-order valence-corrected chi connectivity index (χ3v) is 6.63. The number of hydrogen-bond donors (Lipinski definition) is 0. The highest BCUT2D eigenvalue weighted by Crippen LogP contribution is 2.40. The summed E-state index contributed by atoms with van der Waals surface area (Å²) in [4.78, 5) is 38.3. The number of esters is 1. The van der Waals surface area contributed by atoms with E-state index in [4.69, 9.17) is 13.9 Å². The molecule has 37 heavy (non-hydrogen) atoms. The molecule has 1 aliphatic rings. The number of imide groups is 1. The third kappa shape index (κ3) is 6.23. The van der Waals surface area contributed by atoms with Gasteiger partial charge in [-0.2, -0.15) is 0 Å². The van der Waals surface area contributed by atoms with Crippen LogP contribution < -0.4 is 9.47 Å². The molecule has 8 nitrogen and oxygen atoms in total. The smallest absolute Gasteiger partial charge is 0.373 e. The fourth-order valence-corrected chi connectivity index (χ4v) is 4.89. The predicted molar refractivity (Wildman–Crippen MR) is 138 cm³/mol. The van der Waals surface area contributed by atoms with Crippen molar-refractivity contribution >= 4 is 50.9 Å². The molecule has 0 atom stereocenters. The molecule has 0 N–H and O–H groups in total. The summed E-state index contributed by atoms with van der Waals surface area (Å²) in [6.45, 7) is 2.18. The second-order valence-electron chi connectivity index (χ2n) is 7.71. The molecule has 0 spiro atoms. The second kappa shape index (κ2) is 11.7. The van der Waals surface area contributed by atoms with E-state index >= 15 is 0 Å². The number of benzene rings is 2. The van der Waals surface area contributed by atoms with E-state index in [0.717, 1.165) is 16.7 Å². The monoisotopic (exact) mass is 589 g/mol. The van der Waals surface area contributed by atoms with Gasteiger partial charge in [-0.15, -0.1) is 0 Å². The molecule has 1 fully saturated rings. The molecule has 0 radical (unpaired) electrons. The summed E-state index contributed by atoms with van der Waals surface area (Å²) in [6.07, 6.45) is 1.58. The Bertz CT molecular complexity index is 1390.